The molecule has 18 heavy (non-hydrogen) atoms. The molecule has 0 aromatic carbocycles. The maximum absolute atomic E-state index is 12.2. The van der Waals surface area contributed by atoms with Gasteiger partial charge in [0.05, 0.1) is 12.1 Å². The van der Waals surface area contributed by atoms with Crippen LogP contribution in [0.25, 0.3) is 0 Å². The van der Waals surface area contributed by atoms with Crippen LogP contribution in [0.5, 0.6) is 0 Å². The minimum atomic E-state index is -3.36. The summed E-state index contributed by atoms with van der Waals surface area (Å²) in [6, 6.07) is 1.97. The van der Waals surface area contributed by atoms with Crippen molar-refractivity contribution in [2.45, 2.75) is 32.9 Å². The fraction of sp³-hybridized carbons (Fsp3) is 0.909. The molecule has 1 aliphatic heterocycles. The second kappa shape index (κ2) is 5.97. The molecular formula is C11H22N4O2S. The van der Waals surface area contributed by atoms with E-state index in [9.17, 15) is 8.42 Å². The third-order valence-electron chi connectivity index (χ3n) is 3.43. The predicted octanol–water partition coefficient (Wildman–Crippen LogP) is 0.101. The average molecular weight is 274 g/mol. The summed E-state index contributed by atoms with van der Waals surface area (Å²) in [6.45, 7) is 7.66. The second-order valence-electron chi connectivity index (χ2n) is 4.86. The van der Waals surface area contributed by atoms with E-state index in [2.05, 4.69) is 6.07 Å². The molecule has 1 saturated heterocycles. The zero-order chi connectivity index (χ0) is 13.9. The topological polar surface area (TPSA) is 67.6 Å². The first-order chi connectivity index (χ1) is 8.30. The van der Waals surface area contributed by atoms with Crippen molar-refractivity contribution in [3.05, 3.63) is 0 Å². The molecule has 1 fully saturated rings. The molecule has 0 N–H and O–H groups in total. The Morgan fingerprint density at radius 3 is 2.06 bits per heavy atom. The van der Waals surface area contributed by atoms with E-state index in [0.29, 0.717) is 26.2 Å². The Balaban J connectivity index is 2.66. The summed E-state index contributed by atoms with van der Waals surface area (Å²) < 4.78 is 27.4. The van der Waals surface area contributed by atoms with E-state index in [1.807, 2.05) is 25.7 Å². The number of hydrogen-bond donors (Lipinski definition) is 0. The van der Waals surface area contributed by atoms with Crippen molar-refractivity contribution < 1.29 is 8.42 Å². The zero-order valence-corrected chi connectivity index (χ0v) is 12.3. The summed E-state index contributed by atoms with van der Waals surface area (Å²) in [5, 5.41) is 8.84. The highest BCUT2D eigenvalue weighted by atomic mass is 32.2. The van der Waals surface area contributed by atoms with E-state index < -0.39 is 10.2 Å². The number of piperazine rings is 1. The van der Waals surface area contributed by atoms with E-state index in [0.717, 1.165) is 0 Å². The minimum Gasteiger partial charge on any atom is -0.286 e. The van der Waals surface area contributed by atoms with Crippen molar-refractivity contribution in [1.82, 2.24) is 13.5 Å². The molecular weight excluding hydrogens is 252 g/mol. The van der Waals surface area contributed by atoms with Gasteiger partial charge >= 0.3 is 0 Å². The molecule has 1 aliphatic rings. The summed E-state index contributed by atoms with van der Waals surface area (Å²) in [6.07, 6.45) is 0. The standard InChI is InChI=1S/C11H22N4O2S/c1-10(2)13(4)18(16,17)15-7-5-14(6-8-15)11(3)9-12/h10-11H,5-8H2,1-4H3. The van der Waals surface area contributed by atoms with Crippen LogP contribution < -0.4 is 0 Å². The van der Waals surface area contributed by atoms with E-state index >= 15 is 0 Å². The normalized spacial score (nSPS) is 21.2. The summed E-state index contributed by atoms with van der Waals surface area (Å²) in [4.78, 5) is 2.00. The van der Waals surface area contributed by atoms with Crippen LogP contribution in [-0.2, 0) is 10.2 Å². The highest BCUT2D eigenvalue weighted by Crippen LogP contribution is 2.14. The van der Waals surface area contributed by atoms with Crippen LogP contribution in [0.2, 0.25) is 0 Å². The maximum Gasteiger partial charge on any atom is 0.282 e. The fourth-order valence-electron chi connectivity index (χ4n) is 1.85. The summed E-state index contributed by atoms with van der Waals surface area (Å²) in [5.74, 6) is 0. The number of nitrogens with zero attached hydrogens (tertiary/aromatic N) is 4. The van der Waals surface area contributed by atoms with E-state index in [1.54, 1.807) is 7.05 Å². The van der Waals surface area contributed by atoms with Gasteiger partial charge in [0.1, 0.15) is 0 Å². The smallest absolute Gasteiger partial charge is 0.282 e. The van der Waals surface area contributed by atoms with Gasteiger partial charge in [-0.05, 0) is 20.8 Å². The van der Waals surface area contributed by atoms with Crippen molar-refractivity contribution in [3.8, 4) is 6.07 Å². The minimum absolute atomic E-state index is 0.0499. The molecule has 104 valence electrons. The van der Waals surface area contributed by atoms with Gasteiger partial charge in [0, 0.05) is 39.3 Å². The first-order valence-corrected chi connectivity index (χ1v) is 7.57. The average Bonchev–Trinajstić information content (AvgIpc) is 2.36. The Kier molecular flexibility index (Phi) is 5.10. The zero-order valence-electron chi connectivity index (χ0n) is 11.5. The van der Waals surface area contributed by atoms with Gasteiger partial charge in [-0.1, -0.05) is 0 Å². The number of nitriles is 1. The molecule has 0 amide bonds. The molecule has 6 nitrogen and oxygen atoms in total. The quantitative estimate of drug-likeness (QED) is 0.729. The van der Waals surface area contributed by atoms with Gasteiger partial charge in [-0.3, -0.25) is 4.90 Å². The van der Waals surface area contributed by atoms with Gasteiger partial charge in [0.15, 0.2) is 0 Å². The highest BCUT2D eigenvalue weighted by Gasteiger charge is 2.32. The molecule has 1 heterocycles. The van der Waals surface area contributed by atoms with Gasteiger partial charge in [-0.2, -0.15) is 22.3 Å². The second-order valence-corrected chi connectivity index (χ2v) is 6.85. The van der Waals surface area contributed by atoms with Crippen molar-refractivity contribution in [3.63, 3.8) is 0 Å². The number of rotatable bonds is 4. The Bertz CT molecular complexity index is 407. The molecule has 1 unspecified atom stereocenters. The molecule has 0 saturated carbocycles. The number of hydrogen-bond acceptors (Lipinski definition) is 4. The van der Waals surface area contributed by atoms with Gasteiger partial charge in [-0.15, -0.1) is 0 Å². The van der Waals surface area contributed by atoms with Crippen LogP contribution in [0.4, 0.5) is 0 Å². The van der Waals surface area contributed by atoms with Crippen LogP contribution in [0, 0.1) is 11.3 Å². The van der Waals surface area contributed by atoms with Gasteiger partial charge in [-0.25, -0.2) is 0 Å². The maximum atomic E-state index is 12.2. The largest absolute Gasteiger partial charge is 0.286 e. The molecule has 1 rings (SSSR count). The Hall–Kier alpha value is -0.680. The van der Waals surface area contributed by atoms with E-state index in [1.165, 1.54) is 8.61 Å². The predicted molar refractivity (Wildman–Crippen MR) is 70.0 cm³/mol. The monoisotopic (exact) mass is 274 g/mol. The highest BCUT2D eigenvalue weighted by molar-refractivity contribution is 7.86. The van der Waals surface area contributed by atoms with Crippen LogP contribution in [0.15, 0.2) is 0 Å². The van der Waals surface area contributed by atoms with E-state index in [4.69, 9.17) is 5.26 Å². The van der Waals surface area contributed by atoms with Crippen molar-refractivity contribution in [1.29, 1.82) is 5.26 Å². The molecule has 0 aromatic heterocycles. The van der Waals surface area contributed by atoms with Crippen LogP contribution >= 0.6 is 0 Å². The van der Waals surface area contributed by atoms with Crippen LogP contribution in [0.1, 0.15) is 20.8 Å². The summed E-state index contributed by atoms with van der Waals surface area (Å²) in [5.41, 5.74) is 0. The SMILES string of the molecule is CC(C#N)N1CCN(S(=O)(=O)N(C)C(C)C)CC1. The molecule has 0 aliphatic carbocycles. The summed E-state index contributed by atoms with van der Waals surface area (Å²) in [7, 11) is -1.76. The molecule has 7 heteroatoms. The lowest BCUT2D eigenvalue weighted by molar-refractivity contribution is 0.163. The van der Waals surface area contributed by atoms with Crippen LogP contribution in [-0.4, -0.2) is 67.2 Å². The molecule has 0 spiro atoms. The van der Waals surface area contributed by atoms with Crippen molar-refractivity contribution >= 4 is 10.2 Å². The fourth-order valence-corrected chi connectivity index (χ4v) is 3.37. The summed E-state index contributed by atoms with van der Waals surface area (Å²) >= 11 is 0. The van der Waals surface area contributed by atoms with E-state index in [-0.39, 0.29) is 12.1 Å². The van der Waals surface area contributed by atoms with Gasteiger partial charge < -0.3 is 0 Å². The Labute approximate surface area is 110 Å². The first kappa shape index (κ1) is 15.4. The Morgan fingerprint density at radius 2 is 1.67 bits per heavy atom. The molecule has 0 bridgehead atoms. The third kappa shape index (κ3) is 3.20. The van der Waals surface area contributed by atoms with Gasteiger partial charge in [0.25, 0.3) is 10.2 Å². The molecule has 1 atom stereocenters. The lowest BCUT2D eigenvalue weighted by Crippen LogP contribution is -2.54. The van der Waals surface area contributed by atoms with Gasteiger partial charge in [0.2, 0.25) is 0 Å². The first-order valence-electron chi connectivity index (χ1n) is 6.17. The molecule has 0 radical (unpaired) electrons. The third-order valence-corrected chi connectivity index (χ3v) is 5.59. The lowest BCUT2D eigenvalue weighted by Gasteiger charge is -2.37. The molecule has 0 aromatic rings. The lowest BCUT2D eigenvalue weighted by atomic mass is 10.2. The van der Waals surface area contributed by atoms with Crippen LogP contribution in [0.3, 0.4) is 0 Å². The van der Waals surface area contributed by atoms with Crippen molar-refractivity contribution in [2.24, 2.45) is 0 Å². The van der Waals surface area contributed by atoms with Crippen molar-refractivity contribution in [2.75, 3.05) is 33.2 Å². The Morgan fingerprint density at radius 1 is 1.17 bits per heavy atom.